The van der Waals surface area contributed by atoms with Crippen LogP contribution in [0.3, 0.4) is 0 Å². The molecule has 10 heavy (non-hydrogen) atoms. The zero-order valence-electron chi connectivity index (χ0n) is 6.81. The summed E-state index contributed by atoms with van der Waals surface area (Å²) in [5.41, 5.74) is 1.41. The van der Waals surface area contributed by atoms with Crippen molar-refractivity contribution in [2.24, 2.45) is 5.92 Å². The molecule has 0 aliphatic heterocycles. The molecule has 1 aliphatic rings. The van der Waals surface area contributed by atoms with Crippen LogP contribution in [0.4, 0.5) is 0 Å². The number of methoxy groups -OCH3 is 1. The highest BCUT2D eigenvalue weighted by Crippen LogP contribution is 2.28. The number of hydrogen-bond acceptors (Lipinski definition) is 1. The molecule has 0 bridgehead atoms. The van der Waals surface area contributed by atoms with Crippen LogP contribution in [0.2, 0.25) is 0 Å². The van der Waals surface area contributed by atoms with E-state index in [1.807, 2.05) is 0 Å². The van der Waals surface area contributed by atoms with Crippen LogP contribution in [-0.2, 0) is 4.74 Å². The molecule has 57 valence electrons. The summed E-state index contributed by atoms with van der Waals surface area (Å²) in [6.45, 7) is 6.16. The van der Waals surface area contributed by atoms with Crippen LogP contribution < -0.4 is 0 Å². The Bertz CT molecular complexity index is 147. The third-order valence-electron chi connectivity index (χ3n) is 2.12. The molecule has 0 amide bonds. The molecule has 1 nitrogen and oxygen atoms in total. The van der Waals surface area contributed by atoms with Crippen LogP contribution in [0, 0.1) is 12.8 Å². The van der Waals surface area contributed by atoms with Gasteiger partial charge in [-0.2, -0.15) is 0 Å². The molecule has 1 unspecified atom stereocenters. The highest BCUT2D eigenvalue weighted by Gasteiger charge is 2.14. The maximum atomic E-state index is 5.21. The summed E-state index contributed by atoms with van der Waals surface area (Å²) in [7, 11) is 1.75. The largest absolute Gasteiger partial charge is 0.501 e. The quantitative estimate of drug-likeness (QED) is 0.542. The molecular weight excluding hydrogens is 124 g/mol. The maximum absolute atomic E-state index is 5.21. The summed E-state index contributed by atoms with van der Waals surface area (Å²) in [6.07, 6.45) is 3.42. The summed E-state index contributed by atoms with van der Waals surface area (Å²) in [6, 6.07) is 0. The molecule has 1 aliphatic carbocycles. The van der Waals surface area contributed by atoms with E-state index in [2.05, 4.69) is 13.8 Å². The Balaban J connectivity index is 2.62. The normalized spacial score (nSPS) is 26.9. The summed E-state index contributed by atoms with van der Waals surface area (Å²) in [5, 5.41) is 0. The third-order valence-corrected chi connectivity index (χ3v) is 2.12. The fourth-order valence-corrected chi connectivity index (χ4v) is 1.36. The minimum absolute atomic E-state index is 0.568. The molecular formula is C9H15O. The van der Waals surface area contributed by atoms with E-state index in [0.29, 0.717) is 5.92 Å². The summed E-state index contributed by atoms with van der Waals surface area (Å²) in [4.78, 5) is 0. The molecule has 0 N–H and O–H groups in total. The first-order valence-corrected chi connectivity index (χ1v) is 3.79. The van der Waals surface area contributed by atoms with E-state index >= 15 is 0 Å². The van der Waals surface area contributed by atoms with Gasteiger partial charge in [0, 0.05) is 6.42 Å². The van der Waals surface area contributed by atoms with Crippen LogP contribution >= 0.6 is 0 Å². The van der Waals surface area contributed by atoms with E-state index in [0.717, 1.165) is 18.6 Å². The van der Waals surface area contributed by atoms with Crippen LogP contribution in [0.1, 0.15) is 26.2 Å². The monoisotopic (exact) mass is 139 g/mol. The number of rotatable bonds is 1. The van der Waals surface area contributed by atoms with Crippen molar-refractivity contribution in [1.82, 2.24) is 0 Å². The van der Waals surface area contributed by atoms with Crippen molar-refractivity contribution in [1.29, 1.82) is 0 Å². The highest BCUT2D eigenvalue weighted by atomic mass is 16.5. The average molecular weight is 139 g/mol. The van der Waals surface area contributed by atoms with Gasteiger partial charge in [0.05, 0.1) is 12.9 Å². The summed E-state index contributed by atoms with van der Waals surface area (Å²) >= 11 is 0. The van der Waals surface area contributed by atoms with E-state index in [1.165, 1.54) is 12.0 Å². The molecule has 0 saturated carbocycles. The van der Waals surface area contributed by atoms with Gasteiger partial charge in [-0.1, -0.05) is 0 Å². The molecule has 1 radical (unpaired) electrons. The van der Waals surface area contributed by atoms with Gasteiger partial charge >= 0.3 is 0 Å². The predicted octanol–water partition coefficient (Wildman–Crippen LogP) is 2.54. The van der Waals surface area contributed by atoms with Gasteiger partial charge in [-0.15, -0.1) is 0 Å². The van der Waals surface area contributed by atoms with E-state index in [1.54, 1.807) is 7.11 Å². The number of ether oxygens (including phenoxy) is 1. The molecule has 1 atom stereocenters. The minimum Gasteiger partial charge on any atom is -0.501 e. The summed E-state index contributed by atoms with van der Waals surface area (Å²) in [5.74, 6) is 1.73. The van der Waals surface area contributed by atoms with Crippen molar-refractivity contribution in [3.8, 4) is 0 Å². The molecule has 0 fully saturated rings. The lowest BCUT2D eigenvalue weighted by Crippen LogP contribution is -2.07. The Morgan fingerprint density at radius 3 is 2.80 bits per heavy atom. The maximum Gasteiger partial charge on any atom is 0.0947 e. The molecule has 1 rings (SSSR count). The Labute approximate surface area is 63.1 Å². The predicted molar refractivity (Wildman–Crippen MR) is 42.4 cm³/mol. The Kier molecular flexibility index (Phi) is 2.36. The van der Waals surface area contributed by atoms with Gasteiger partial charge in [0.2, 0.25) is 0 Å². The van der Waals surface area contributed by atoms with Crippen LogP contribution in [0.5, 0.6) is 0 Å². The fourth-order valence-electron chi connectivity index (χ4n) is 1.36. The van der Waals surface area contributed by atoms with Crippen LogP contribution in [0.15, 0.2) is 11.3 Å². The average Bonchev–Trinajstić information content (AvgIpc) is 1.94. The Morgan fingerprint density at radius 1 is 1.60 bits per heavy atom. The molecule has 0 saturated heterocycles. The van der Waals surface area contributed by atoms with Gasteiger partial charge in [0.15, 0.2) is 0 Å². The lowest BCUT2D eigenvalue weighted by molar-refractivity contribution is 0.248. The standard InChI is InChI=1S/C9H15O/c1-7-4-5-8(2)9(6-7)10-3/h7H,1,4-6H2,2-3H3. The molecule has 0 aromatic rings. The van der Waals surface area contributed by atoms with Gasteiger partial charge in [-0.05, 0) is 38.2 Å². The van der Waals surface area contributed by atoms with Crippen molar-refractivity contribution < 1.29 is 4.74 Å². The van der Waals surface area contributed by atoms with E-state index in [4.69, 9.17) is 4.74 Å². The van der Waals surface area contributed by atoms with Crippen molar-refractivity contribution in [2.75, 3.05) is 7.11 Å². The second-order valence-electron chi connectivity index (χ2n) is 3.02. The highest BCUT2D eigenvalue weighted by molar-refractivity contribution is 5.10. The SMILES string of the molecule is [CH2]C1CCC(C)=C(OC)C1. The molecule has 0 aromatic carbocycles. The van der Waals surface area contributed by atoms with Crippen molar-refractivity contribution in [3.63, 3.8) is 0 Å². The smallest absolute Gasteiger partial charge is 0.0947 e. The first kappa shape index (κ1) is 7.64. The van der Waals surface area contributed by atoms with Crippen molar-refractivity contribution in [3.05, 3.63) is 18.3 Å². The van der Waals surface area contributed by atoms with Gasteiger partial charge < -0.3 is 4.74 Å². The minimum atomic E-state index is 0.568. The first-order chi connectivity index (χ1) is 4.74. The van der Waals surface area contributed by atoms with Gasteiger partial charge in [0.25, 0.3) is 0 Å². The van der Waals surface area contributed by atoms with Gasteiger partial charge in [-0.25, -0.2) is 0 Å². The second kappa shape index (κ2) is 3.09. The van der Waals surface area contributed by atoms with Crippen LogP contribution in [-0.4, -0.2) is 7.11 Å². The van der Waals surface area contributed by atoms with E-state index < -0.39 is 0 Å². The van der Waals surface area contributed by atoms with Gasteiger partial charge in [0.1, 0.15) is 0 Å². The first-order valence-electron chi connectivity index (χ1n) is 3.79. The molecule has 0 heterocycles. The molecule has 0 spiro atoms. The Hall–Kier alpha value is -0.460. The molecule has 1 heteroatoms. The number of allylic oxidation sites excluding steroid dienone is 2. The van der Waals surface area contributed by atoms with E-state index in [-0.39, 0.29) is 0 Å². The van der Waals surface area contributed by atoms with Gasteiger partial charge in [-0.3, -0.25) is 0 Å². The van der Waals surface area contributed by atoms with Crippen LogP contribution in [0.25, 0.3) is 0 Å². The van der Waals surface area contributed by atoms with Crippen molar-refractivity contribution >= 4 is 0 Å². The van der Waals surface area contributed by atoms with E-state index in [9.17, 15) is 0 Å². The Morgan fingerprint density at radius 2 is 2.30 bits per heavy atom. The second-order valence-corrected chi connectivity index (χ2v) is 3.02. The fraction of sp³-hybridized carbons (Fsp3) is 0.667. The zero-order valence-corrected chi connectivity index (χ0v) is 6.81. The molecule has 0 aromatic heterocycles. The lowest BCUT2D eigenvalue weighted by atomic mass is 9.90. The lowest BCUT2D eigenvalue weighted by Gasteiger charge is -2.21. The zero-order chi connectivity index (χ0) is 7.56. The van der Waals surface area contributed by atoms with Crippen molar-refractivity contribution in [2.45, 2.75) is 26.2 Å². The topological polar surface area (TPSA) is 9.23 Å². The number of hydrogen-bond donors (Lipinski definition) is 0. The third kappa shape index (κ3) is 1.53. The summed E-state index contributed by atoms with van der Waals surface area (Å²) < 4.78 is 5.21.